The second-order valence-corrected chi connectivity index (χ2v) is 10.5. The summed E-state index contributed by atoms with van der Waals surface area (Å²) in [5, 5.41) is 7.23. The summed E-state index contributed by atoms with van der Waals surface area (Å²) in [4.78, 5) is 39.3. The number of carbonyl (C=O) groups is 3. The Morgan fingerprint density at radius 2 is 1.65 bits per heavy atom. The number of carbonyl (C=O) groups excluding carboxylic acids is 3. The van der Waals surface area contributed by atoms with E-state index < -0.39 is 40.0 Å². The van der Waals surface area contributed by atoms with E-state index in [0.717, 1.165) is 20.0 Å². The van der Waals surface area contributed by atoms with Gasteiger partial charge in [0.1, 0.15) is 12.1 Å². The molecule has 3 aromatic rings. The molecular formula is C24H24N4O5S. The van der Waals surface area contributed by atoms with Crippen LogP contribution < -0.4 is 10.6 Å². The van der Waals surface area contributed by atoms with Crippen molar-refractivity contribution in [3.05, 3.63) is 72.3 Å². The van der Waals surface area contributed by atoms with Crippen LogP contribution in [0.3, 0.4) is 0 Å². The minimum Gasteiger partial charge on any atom is -0.325 e. The van der Waals surface area contributed by atoms with E-state index in [1.165, 1.54) is 38.4 Å². The van der Waals surface area contributed by atoms with Crippen molar-refractivity contribution in [1.82, 2.24) is 14.5 Å². The highest BCUT2D eigenvalue weighted by molar-refractivity contribution is 7.89. The second kappa shape index (κ2) is 8.54. The number of rotatable bonds is 6. The van der Waals surface area contributed by atoms with Gasteiger partial charge in [-0.05, 0) is 53.6 Å². The van der Waals surface area contributed by atoms with Gasteiger partial charge in [-0.2, -0.15) is 0 Å². The standard InChI is InChI=1S/C24H24N4O5S/c1-24(18-9-8-16-6-4-5-7-17(16)14-18)22(30)28(23(31)26-24)15-21(29)25-19-10-12-20(13-11-19)34(32,33)27(2)3/h4-14H,15H2,1-3H3,(H,25,29)(H,26,31)/t24-/m0/s1. The van der Waals surface area contributed by atoms with Crippen molar-refractivity contribution in [2.45, 2.75) is 17.4 Å². The Morgan fingerprint density at radius 1 is 1.00 bits per heavy atom. The fourth-order valence-electron chi connectivity index (χ4n) is 3.80. The molecule has 3 aromatic carbocycles. The lowest BCUT2D eigenvalue weighted by atomic mass is 9.90. The SMILES string of the molecule is CN(C)S(=O)(=O)c1ccc(NC(=O)CN2C(=O)N[C@@](C)(c3ccc4ccccc4c3)C2=O)cc1. The first kappa shape index (κ1) is 23.4. The first-order valence-electron chi connectivity index (χ1n) is 10.5. The largest absolute Gasteiger partial charge is 0.325 e. The maximum Gasteiger partial charge on any atom is 0.325 e. The summed E-state index contributed by atoms with van der Waals surface area (Å²) in [5.41, 5.74) is -0.346. The summed E-state index contributed by atoms with van der Waals surface area (Å²) < 4.78 is 25.4. The molecule has 1 aliphatic rings. The second-order valence-electron chi connectivity index (χ2n) is 8.37. The van der Waals surface area contributed by atoms with Gasteiger partial charge in [0.05, 0.1) is 4.90 Å². The zero-order chi connectivity index (χ0) is 24.7. The third kappa shape index (κ3) is 4.13. The topological polar surface area (TPSA) is 116 Å². The van der Waals surface area contributed by atoms with E-state index in [9.17, 15) is 22.8 Å². The Kier molecular flexibility index (Phi) is 5.88. The fourth-order valence-corrected chi connectivity index (χ4v) is 4.70. The minimum absolute atomic E-state index is 0.0794. The molecule has 9 nitrogen and oxygen atoms in total. The van der Waals surface area contributed by atoms with E-state index in [1.807, 2.05) is 36.4 Å². The Morgan fingerprint density at radius 3 is 2.29 bits per heavy atom. The van der Waals surface area contributed by atoms with E-state index in [1.54, 1.807) is 13.0 Å². The van der Waals surface area contributed by atoms with Crippen LogP contribution in [0.25, 0.3) is 10.8 Å². The van der Waals surface area contributed by atoms with Crippen LogP contribution in [-0.2, 0) is 25.2 Å². The zero-order valence-electron chi connectivity index (χ0n) is 18.9. The van der Waals surface area contributed by atoms with Gasteiger partial charge in [-0.3, -0.25) is 14.5 Å². The summed E-state index contributed by atoms with van der Waals surface area (Å²) >= 11 is 0. The van der Waals surface area contributed by atoms with Gasteiger partial charge >= 0.3 is 6.03 Å². The number of fused-ring (bicyclic) bond motifs is 1. The molecule has 1 saturated heterocycles. The Bertz CT molecular complexity index is 1400. The van der Waals surface area contributed by atoms with Gasteiger partial charge < -0.3 is 10.6 Å². The molecule has 2 N–H and O–H groups in total. The monoisotopic (exact) mass is 480 g/mol. The molecule has 1 aliphatic heterocycles. The Balaban J connectivity index is 1.48. The Labute approximate surface area is 197 Å². The van der Waals surface area contributed by atoms with Crippen LogP contribution in [0, 0.1) is 0 Å². The number of hydrogen-bond donors (Lipinski definition) is 2. The number of nitrogens with zero attached hydrogens (tertiary/aromatic N) is 2. The maximum atomic E-state index is 13.2. The van der Waals surface area contributed by atoms with E-state index >= 15 is 0 Å². The molecular weight excluding hydrogens is 456 g/mol. The Hall–Kier alpha value is -3.76. The normalized spacial score (nSPS) is 18.4. The van der Waals surface area contributed by atoms with Gasteiger partial charge in [0.25, 0.3) is 5.91 Å². The number of anilines is 1. The first-order valence-corrected chi connectivity index (χ1v) is 11.9. The fraction of sp³-hybridized carbons (Fsp3) is 0.208. The van der Waals surface area contributed by atoms with E-state index in [-0.39, 0.29) is 4.90 Å². The maximum absolute atomic E-state index is 13.2. The molecule has 10 heteroatoms. The van der Waals surface area contributed by atoms with Gasteiger partial charge in [0.2, 0.25) is 15.9 Å². The van der Waals surface area contributed by atoms with Crippen LogP contribution in [0.2, 0.25) is 0 Å². The molecule has 0 radical (unpaired) electrons. The van der Waals surface area contributed by atoms with Crippen molar-refractivity contribution in [2.75, 3.05) is 26.0 Å². The highest BCUT2D eigenvalue weighted by atomic mass is 32.2. The highest BCUT2D eigenvalue weighted by Gasteiger charge is 2.49. The molecule has 0 spiro atoms. The van der Waals surface area contributed by atoms with Crippen LogP contribution in [0.1, 0.15) is 12.5 Å². The number of benzene rings is 3. The summed E-state index contributed by atoms with van der Waals surface area (Å²) in [6.45, 7) is 1.13. The van der Waals surface area contributed by atoms with Crippen molar-refractivity contribution in [2.24, 2.45) is 0 Å². The third-order valence-electron chi connectivity index (χ3n) is 5.82. The lowest BCUT2D eigenvalue weighted by molar-refractivity contribution is -0.133. The van der Waals surface area contributed by atoms with E-state index in [2.05, 4.69) is 10.6 Å². The minimum atomic E-state index is -3.59. The molecule has 0 unspecified atom stereocenters. The lowest BCUT2D eigenvalue weighted by Gasteiger charge is -2.22. The average Bonchev–Trinajstić information content (AvgIpc) is 3.02. The van der Waals surface area contributed by atoms with Gasteiger partial charge in [-0.15, -0.1) is 0 Å². The quantitative estimate of drug-likeness (QED) is 0.526. The lowest BCUT2D eigenvalue weighted by Crippen LogP contribution is -2.42. The molecule has 1 heterocycles. The van der Waals surface area contributed by atoms with Crippen LogP contribution in [0.5, 0.6) is 0 Å². The zero-order valence-corrected chi connectivity index (χ0v) is 19.7. The van der Waals surface area contributed by atoms with Crippen molar-refractivity contribution >= 4 is 44.3 Å². The summed E-state index contributed by atoms with van der Waals surface area (Å²) in [6, 6.07) is 18.2. The smallest absolute Gasteiger partial charge is 0.325 e. The predicted octanol–water partition coefficient (Wildman–Crippen LogP) is 2.50. The van der Waals surface area contributed by atoms with E-state index in [4.69, 9.17) is 0 Å². The third-order valence-corrected chi connectivity index (χ3v) is 7.65. The van der Waals surface area contributed by atoms with Crippen LogP contribution >= 0.6 is 0 Å². The average molecular weight is 481 g/mol. The van der Waals surface area contributed by atoms with Crippen molar-refractivity contribution in [3.8, 4) is 0 Å². The van der Waals surface area contributed by atoms with Gasteiger partial charge in [0, 0.05) is 19.8 Å². The molecule has 1 fully saturated rings. The van der Waals surface area contributed by atoms with Gasteiger partial charge in [0.15, 0.2) is 0 Å². The van der Waals surface area contributed by atoms with Gasteiger partial charge in [-0.1, -0.05) is 36.4 Å². The number of nitrogens with one attached hydrogen (secondary N) is 2. The van der Waals surface area contributed by atoms with Crippen LogP contribution in [-0.4, -0.2) is 56.1 Å². The number of amides is 4. The molecule has 0 aromatic heterocycles. The molecule has 4 amide bonds. The molecule has 34 heavy (non-hydrogen) atoms. The van der Waals surface area contributed by atoms with Crippen LogP contribution in [0.4, 0.5) is 10.5 Å². The molecule has 0 aliphatic carbocycles. The molecule has 0 bridgehead atoms. The molecule has 4 rings (SSSR count). The number of urea groups is 1. The molecule has 176 valence electrons. The first-order chi connectivity index (χ1) is 16.0. The number of sulfonamides is 1. The summed E-state index contributed by atoms with van der Waals surface area (Å²) in [6.07, 6.45) is 0. The van der Waals surface area contributed by atoms with Crippen molar-refractivity contribution in [1.29, 1.82) is 0 Å². The summed E-state index contributed by atoms with van der Waals surface area (Å²) in [5.74, 6) is -1.12. The predicted molar refractivity (Wildman–Crippen MR) is 127 cm³/mol. The molecule has 1 atom stereocenters. The van der Waals surface area contributed by atoms with Crippen molar-refractivity contribution in [3.63, 3.8) is 0 Å². The molecule has 0 saturated carbocycles. The van der Waals surface area contributed by atoms with E-state index in [0.29, 0.717) is 11.3 Å². The number of hydrogen-bond acceptors (Lipinski definition) is 5. The van der Waals surface area contributed by atoms with Gasteiger partial charge in [-0.25, -0.2) is 17.5 Å². The van der Waals surface area contributed by atoms with Crippen molar-refractivity contribution < 1.29 is 22.8 Å². The highest BCUT2D eigenvalue weighted by Crippen LogP contribution is 2.31. The van der Waals surface area contributed by atoms with Crippen LogP contribution in [0.15, 0.2) is 71.6 Å². The number of imide groups is 1. The summed E-state index contributed by atoms with van der Waals surface area (Å²) in [7, 11) is -0.743.